The van der Waals surface area contributed by atoms with Crippen molar-refractivity contribution in [2.24, 2.45) is 5.73 Å². The van der Waals surface area contributed by atoms with Gasteiger partial charge in [0.1, 0.15) is 22.8 Å². The number of rotatable bonds is 5. The molecule has 1 aromatic heterocycles. The highest BCUT2D eigenvalue weighted by atomic mass is 32.2. The summed E-state index contributed by atoms with van der Waals surface area (Å²) < 4.78 is 29.4. The van der Waals surface area contributed by atoms with Crippen LogP contribution in [-0.2, 0) is 4.79 Å². The molecule has 0 spiro atoms. The number of hydrogen-bond donors (Lipinski definition) is 2. The number of primary amides is 1. The monoisotopic (exact) mass is 377 g/mol. The lowest BCUT2D eigenvalue weighted by molar-refractivity contribution is -0.118. The highest BCUT2D eigenvalue weighted by Crippen LogP contribution is 2.34. The van der Waals surface area contributed by atoms with Gasteiger partial charge in [0.15, 0.2) is 5.37 Å². The van der Waals surface area contributed by atoms with Crippen molar-refractivity contribution in [1.82, 2.24) is 9.78 Å². The molecule has 3 aromatic rings. The van der Waals surface area contributed by atoms with Crippen molar-refractivity contribution in [3.63, 3.8) is 0 Å². The molecule has 9 heteroatoms. The Morgan fingerprint density at radius 1 is 1.27 bits per heavy atom. The quantitative estimate of drug-likeness (QED) is 0.712. The molecule has 0 saturated carbocycles. The number of benzene rings is 2. The Bertz CT molecular complexity index is 1040. The van der Waals surface area contributed by atoms with E-state index in [9.17, 15) is 23.5 Å². The summed E-state index contributed by atoms with van der Waals surface area (Å²) in [5, 5.41) is 12.6. The molecule has 1 amide bonds. The summed E-state index contributed by atoms with van der Waals surface area (Å²) in [5.41, 5.74) is 5.49. The van der Waals surface area contributed by atoms with E-state index in [0.717, 1.165) is 22.5 Å². The van der Waals surface area contributed by atoms with Crippen LogP contribution in [0.4, 0.5) is 8.78 Å². The van der Waals surface area contributed by atoms with Crippen LogP contribution in [0.1, 0.15) is 15.7 Å². The average Bonchev–Trinajstić information content (AvgIpc) is 2.95. The predicted molar refractivity (Wildman–Crippen MR) is 93.8 cm³/mol. The van der Waals surface area contributed by atoms with Crippen LogP contribution in [0.25, 0.3) is 22.2 Å². The summed E-state index contributed by atoms with van der Waals surface area (Å²) in [6.07, 6.45) is 1.61. The lowest BCUT2D eigenvalue weighted by Gasteiger charge is -2.12. The van der Waals surface area contributed by atoms with E-state index in [1.165, 1.54) is 24.3 Å². The van der Waals surface area contributed by atoms with Gasteiger partial charge in [-0.05, 0) is 30.5 Å². The second-order valence-corrected chi connectivity index (χ2v) is 6.37. The molecule has 1 atom stereocenters. The molecule has 0 bridgehead atoms. The maximum atomic E-state index is 14.7. The maximum absolute atomic E-state index is 14.7. The van der Waals surface area contributed by atoms with Crippen LogP contribution in [0.2, 0.25) is 0 Å². The highest BCUT2D eigenvalue weighted by Gasteiger charge is 2.26. The van der Waals surface area contributed by atoms with E-state index >= 15 is 0 Å². The van der Waals surface area contributed by atoms with Crippen LogP contribution in [0.15, 0.2) is 36.4 Å². The molecule has 2 aromatic carbocycles. The number of aromatic nitrogens is 2. The lowest BCUT2D eigenvalue weighted by Crippen LogP contribution is -2.25. The first kappa shape index (κ1) is 17.9. The van der Waals surface area contributed by atoms with Crippen molar-refractivity contribution in [3.8, 4) is 11.3 Å². The van der Waals surface area contributed by atoms with Gasteiger partial charge in [-0.2, -0.15) is 5.10 Å². The molecule has 26 heavy (non-hydrogen) atoms. The molecule has 0 saturated heterocycles. The third-order valence-corrected chi connectivity index (χ3v) is 4.67. The van der Waals surface area contributed by atoms with Gasteiger partial charge in [0.25, 0.3) is 5.91 Å². The van der Waals surface area contributed by atoms with Crippen molar-refractivity contribution in [1.29, 1.82) is 0 Å². The normalized spacial score (nSPS) is 12.3. The second kappa shape index (κ2) is 6.75. The van der Waals surface area contributed by atoms with Crippen LogP contribution in [0, 0.1) is 11.6 Å². The Balaban J connectivity index is 2.40. The van der Waals surface area contributed by atoms with Gasteiger partial charge in [0.2, 0.25) is 0 Å². The largest absolute Gasteiger partial charge is 0.478 e. The number of aromatic carboxylic acids is 1. The number of carboxylic acid groups (broad SMARTS) is 1. The van der Waals surface area contributed by atoms with Gasteiger partial charge in [0.05, 0.1) is 5.56 Å². The zero-order valence-corrected chi connectivity index (χ0v) is 14.3. The number of nitrogens with two attached hydrogens (primary N) is 1. The average molecular weight is 377 g/mol. The summed E-state index contributed by atoms with van der Waals surface area (Å²) in [7, 11) is 0. The first-order valence-electron chi connectivity index (χ1n) is 7.36. The topological polar surface area (TPSA) is 98.2 Å². The molecule has 3 N–H and O–H groups in total. The van der Waals surface area contributed by atoms with E-state index in [-0.39, 0.29) is 22.2 Å². The van der Waals surface area contributed by atoms with Crippen LogP contribution in [-0.4, -0.2) is 33.0 Å². The van der Waals surface area contributed by atoms with Gasteiger partial charge >= 0.3 is 5.97 Å². The van der Waals surface area contributed by atoms with E-state index in [2.05, 4.69) is 5.10 Å². The van der Waals surface area contributed by atoms with Gasteiger partial charge in [-0.3, -0.25) is 4.79 Å². The number of carboxylic acids is 1. The van der Waals surface area contributed by atoms with Crippen molar-refractivity contribution in [2.75, 3.05) is 6.26 Å². The fraction of sp³-hybridized carbons (Fsp3) is 0.118. The SMILES string of the molecule is CSC(C(N)=O)n1nc(-c2cccc(F)c2)c2cc(C(=O)O)cc(F)c21. The molecular weight excluding hydrogens is 364 g/mol. The summed E-state index contributed by atoms with van der Waals surface area (Å²) in [5.74, 6) is -3.46. The van der Waals surface area contributed by atoms with Gasteiger partial charge in [-0.15, -0.1) is 11.8 Å². The minimum Gasteiger partial charge on any atom is -0.478 e. The van der Waals surface area contributed by atoms with Crippen molar-refractivity contribution in [3.05, 3.63) is 53.6 Å². The standard InChI is InChI=1S/C17H13F2N3O3S/c1-26-16(15(20)23)22-14-11(6-9(17(24)25)7-12(14)19)13(21-22)8-3-2-4-10(18)5-8/h2-7,16H,1H3,(H2,20,23)(H,24,25). The number of halogens is 2. The zero-order valence-electron chi connectivity index (χ0n) is 13.4. The minimum absolute atomic E-state index is 0.0765. The number of thioether (sulfide) groups is 1. The fourth-order valence-electron chi connectivity index (χ4n) is 2.70. The molecule has 0 fully saturated rings. The van der Waals surface area contributed by atoms with Crippen LogP contribution in [0.3, 0.4) is 0 Å². The Morgan fingerprint density at radius 2 is 2.00 bits per heavy atom. The van der Waals surface area contributed by atoms with Crippen molar-refractivity contribution >= 4 is 34.5 Å². The maximum Gasteiger partial charge on any atom is 0.335 e. The number of amides is 1. The summed E-state index contributed by atoms with van der Waals surface area (Å²) in [6, 6.07) is 7.52. The summed E-state index contributed by atoms with van der Waals surface area (Å²) in [4.78, 5) is 23.0. The molecule has 0 aliphatic carbocycles. The van der Waals surface area contributed by atoms with Gasteiger partial charge < -0.3 is 10.8 Å². The number of carbonyl (C=O) groups excluding carboxylic acids is 1. The van der Waals surface area contributed by atoms with Crippen LogP contribution < -0.4 is 5.73 Å². The number of hydrogen-bond acceptors (Lipinski definition) is 4. The molecule has 134 valence electrons. The molecular formula is C17H13F2N3O3S. The van der Waals surface area contributed by atoms with Gasteiger partial charge in [0, 0.05) is 10.9 Å². The van der Waals surface area contributed by atoms with Crippen LogP contribution >= 0.6 is 11.8 Å². The third kappa shape index (κ3) is 3.01. The smallest absolute Gasteiger partial charge is 0.335 e. The summed E-state index contributed by atoms with van der Waals surface area (Å²) >= 11 is 1.05. The van der Waals surface area contributed by atoms with E-state index in [1.807, 2.05) is 0 Å². The van der Waals surface area contributed by atoms with E-state index in [0.29, 0.717) is 5.56 Å². The number of fused-ring (bicyclic) bond motifs is 1. The van der Waals surface area contributed by atoms with E-state index in [1.54, 1.807) is 12.3 Å². The number of carbonyl (C=O) groups is 2. The van der Waals surface area contributed by atoms with E-state index in [4.69, 9.17) is 5.73 Å². The van der Waals surface area contributed by atoms with Crippen molar-refractivity contribution in [2.45, 2.75) is 5.37 Å². The van der Waals surface area contributed by atoms with Crippen molar-refractivity contribution < 1.29 is 23.5 Å². The van der Waals surface area contributed by atoms with Crippen LogP contribution in [0.5, 0.6) is 0 Å². The first-order chi connectivity index (χ1) is 12.3. The minimum atomic E-state index is -1.32. The molecule has 3 rings (SSSR count). The molecule has 1 unspecified atom stereocenters. The molecule has 0 aliphatic rings. The third-order valence-electron chi connectivity index (χ3n) is 3.79. The molecule has 1 heterocycles. The van der Waals surface area contributed by atoms with E-state index < -0.39 is 28.9 Å². The fourth-order valence-corrected chi connectivity index (χ4v) is 3.29. The Kier molecular flexibility index (Phi) is 4.64. The molecule has 0 aliphatic heterocycles. The lowest BCUT2D eigenvalue weighted by atomic mass is 10.1. The Morgan fingerprint density at radius 3 is 2.58 bits per heavy atom. The predicted octanol–water partition coefficient (Wildman–Crippen LogP) is 3.03. The van der Waals surface area contributed by atoms with Gasteiger partial charge in [-0.25, -0.2) is 18.3 Å². The number of nitrogens with zero attached hydrogens (tertiary/aromatic N) is 2. The molecule has 0 radical (unpaired) electrons. The first-order valence-corrected chi connectivity index (χ1v) is 8.65. The molecule has 6 nitrogen and oxygen atoms in total. The Hall–Kier alpha value is -2.94. The summed E-state index contributed by atoms with van der Waals surface area (Å²) in [6.45, 7) is 0. The zero-order chi connectivity index (χ0) is 19.0. The van der Waals surface area contributed by atoms with Gasteiger partial charge in [-0.1, -0.05) is 12.1 Å². The second-order valence-electron chi connectivity index (χ2n) is 5.45. The Labute approximate surface area is 150 Å². The highest BCUT2D eigenvalue weighted by molar-refractivity contribution is 7.99.